The van der Waals surface area contributed by atoms with Gasteiger partial charge in [-0.2, -0.15) is 0 Å². The van der Waals surface area contributed by atoms with Gasteiger partial charge in [0.25, 0.3) is 6.43 Å². The van der Waals surface area contributed by atoms with E-state index in [0.29, 0.717) is 5.69 Å². The molecule has 0 aliphatic heterocycles. The molecule has 0 atom stereocenters. The molecule has 1 aromatic heterocycles. The highest BCUT2D eigenvalue weighted by molar-refractivity contribution is 5.20. The molecule has 3 heteroatoms. The van der Waals surface area contributed by atoms with E-state index < -0.39 is 6.43 Å². The zero-order valence-electron chi connectivity index (χ0n) is 8.44. The Labute approximate surface area is 77.8 Å². The second-order valence-corrected chi connectivity index (χ2v) is 2.44. The summed E-state index contributed by atoms with van der Waals surface area (Å²) >= 11 is 0. The summed E-state index contributed by atoms with van der Waals surface area (Å²) in [6.45, 7) is 7.57. The van der Waals surface area contributed by atoms with E-state index >= 15 is 0 Å². The van der Waals surface area contributed by atoms with Crippen molar-refractivity contribution in [1.29, 1.82) is 0 Å². The second-order valence-electron chi connectivity index (χ2n) is 2.44. The van der Waals surface area contributed by atoms with Crippen LogP contribution in [0.25, 0.3) is 0 Å². The Balaban J connectivity index is 0.000000671. The Morgan fingerprint density at radius 3 is 2.08 bits per heavy atom. The fourth-order valence-corrected chi connectivity index (χ4v) is 0.772. The van der Waals surface area contributed by atoms with Crippen molar-refractivity contribution in [3.63, 3.8) is 0 Å². The van der Waals surface area contributed by atoms with E-state index in [1.165, 1.54) is 6.07 Å². The lowest BCUT2D eigenvalue weighted by Crippen LogP contribution is -1.93. The predicted octanol–water partition coefficient (Wildman–Crippen LogP) is 3.66. The second kappa shape index (κ2) is 5.62. The minimum atomic E-state index is -2.46. The number of hydrogen-bond acceptors (Lipinski definition) is 1. The number of alkyl halides is 2. The van der Waals surface area contributed by atoms with Crippen molar-refractivity contribution in [3.05, 3.63) is 29.1 Å². The molecule has 1 heterocycles. The molecule has 13 heavy (non-hydrogen) atoms. The third-order valence-electron chi connectivity index (χ3n) is 1.60. The molecule has 0 aliphatic rings. The summed E-state index contributed by atoms with van der Waals surface area (Å²) in [4.78, 5) is 3.72. The lowest BCUT2D eigenvalue weighted by molar-refractivity contribution is 0.146. The van der Waals surface area contributed by atoms with Crippen LogP contribution in [0.5, 0.6) is 0 Å². The number of pyridine rings is 1. The maximum atomic E-state index is 12.0. The van der Waals surface area contributed by atoms with E-state index in [1.807, 2.05) is 20.8 Å². The van der Waals surface area contributed by atoms with Gasteiger partial charge in [-0.25, -0.2) is 8.78 Å². The third-order valence-corrected chi connectivity index (χ3v) is 1.60. The number of aromatic nitrogens is 1. The first-order chi connectivity index (χ1) is 6.11. The van der Waals surface area contributed by atoms with Gasteiger partial charge in [-0.3, -0.25) is 4.98 Å². The average Bonchev–Trinajstić information content (AvgIpc) is 2.13. The van der Waals surface area contributed by atoms with E-state index in [4.69, 9.17) is 0 Å². The monoisotopic (exact) mass is 187 g/mol. The molecule has 0 aliphatic carbocycles. The summed E-state index contributed by atoms with van der Waals surface area (Å²) in [5.74, 6) is 0. The molecule has 0 fully saturated rings. The molecule has 0 bridgehead atoms. The summed E-state index contributed by atoms with van der Waals surface area (Å²) in [7, 11) is 0. The van der Waals surface area contributed by atoms with E-state index in [1.54, 1.807) is 13.0 Å². The average molecular weight is 187 g/mol. The number of hydrogen-bond donors (Lipinski definition) is 0. The molecule has 1 aromatic rings. The summed E-state index contributed by atoms with van der Waals surface area (Å²) in [5.41, 5.74) is 1.46. The maximum absolute atomic E-state index is 12.0. The van der Waals surface area contributed by atoms with Crippen molar-refractivity contribution in [2.45, 2.75) is 34.1 Å². The van der Waals surface area contributed by atoms with Crippen LogP contribution in [0.4, 0.5) is 8.78 Å². The Hall–Kier alpha value is -0.990. The number of nitrogens with zero attached hydrogens (tertiary/aromatic N) is 1. The van der Waals surface area contributed by atoms with Crippen LogP contribution in [0.1, 0.15) is 37.2 Å². The van der Waals surface area contributed by atoms with Crippen molar-refractivity contribution in [3.8, 4) is 0 Å². The molecule has 1 nitrogen and oxygen atoms in total. The Morgan fingerprint density at radius 1 is 1.15 bits per heavy atom. The first-order valence-electron chi connectivity index (χ1n) is 4.33. The third kappa shape index (κ3) is 3.49. The molecular weight excluding hydrogens is 172 g/mol. The van der Waals surface area contributed by atoms with Crippen molar-refractivity contribution < 1.29 is 8.78 Å². The lowest BCUT2D eigenvalue weighted by Gasteiger charge is -2.01. The van der Waals surface area contributed by atoms with Crippen LogP contribution < -0.4 is 0 Å². The lowest BCUT2D eigenvalue weighted by atomic mass is 10.2. The minimum Gasteiger partial charge on any atom is -0.252 e. The molecule has 0 amide bonds. The Kier molecular flexibility index (Phi) is 5.19. The topological polar surface area (TPSA) is 12.9 Å². The van der Waals surface area contributed by atoms with Crippen LogP contribution in [0, 0.1) is 13.8 Å². The summed E-state index contributed by atoms with van der Waals surface area (Å²) < 4.78 is 24.0. The molecule has 1 rings (SSSR count). The van der Waals surface area contributed by atoms with Gasteiger partial charge in [-0.05, 0) is 25.5 Å². The first kappa shape index (κ1) is 12.0. The van der Waals surface area contributed by atoms with Gasteiger partial charge in [0.05, 0.1) is 0 Å². The van der Waals surface area contributed by atoms with Crippen LogP contribution >= 0.6 is 0 Å². The highest BCUT2D eigenvalue weighted by atomic mass is 19.3. The van der Waals surface area contributed by atoms with Gasteiger partial charge in [0.2, 0.25) is 0 Å². The number of rotatable bonds is 1. The predicted molar refractivity (Wildman–Crippen MR) is 50.0 cm³/mol. The van der Waals surface area contributed by atoms with Crippen molar-refractivity contribution in [2.75, 3.05) is 0 Å². The molecular formula is C10H15F2N. The summed E-state index contributed by atoms with van der Waals surface area (Å²) in [5, 5.41) is 0. The smallest absolute Gasteiger partial charge is 0.252 e. The highest BCUT2D eigenvalue weighted by Gasteiger charge is 2.08. The van der Waals surface area contributed by atoms with Gasteiger partial charge >= 0.3 is 0 Å². The zero-order valence-corrected chi connectivity index (χ0v) is 8.44. The molecule has 0 N–H and O–H groups in total. The minimum absolute atomic E-state index is 0.145. The SMILES string of the molecule is CC.Cc1ccc(C(F)F)nc1C. The molecule has 74 valence electrons. The normalized spacial score (nSPS) is 9.46. The van der Waals surface area contributed by atoms with Crippen LogP contribution in [0.2, 0.25) is 0 Å². The number of aryl methyl sites for hydroxylation is 2. The zero-order chi connectivity index (χ0) is 10.4. The van der Waals surface area contributed by atoms with Crippen molar-refractivity contribution >= 4 is 0 Å². The van der Waals surface area contributed by atoms with Crippen LogP contribution in [-0.2, 0) is 0 Å². The first-order valence-corrected chi connectivity index (χ1v) is 4.33. The van der Waals surface area contributed by atoms with E-state index in [-0.39, 0.29) is 5.69 Å². The molecule has 0 unspecified atom stereocenters. The number of halogens is 2. The molecule has 0 saturated heterocycles. The molecule has 0 saturated carbocycles. The Morgan fingerprint density at radius 2 is 1.69 bits per heavy atom. The highest BCUT2D eigenvalue weighted by Crippen LogP contribution is 2.17. The molecule has 0 radical (unpaired) electrons. The van der Waals surface area contributed by atoms with Crippen LogP contribution in [0.15, 0.2) is 12.1 Å². The van der Waals surface area contributed by atoms with Gasteiger partial charge in [-0.15, -0.1) is 0 Å². The summed E-state index contributed by atoms with van der Waals surface area (Å²) in [6.07, 6.45) is -2.46. The van der Waals surface area contributed by atoms with Crippen molar-refractivity contribution in [1.82, 2.24) is 4.98 Å². The van der Waals surface area contributed by atoms with Gasteiger partial charge in [0.15, 0.2) is 0 Å². The Bertz CT molecular complexity index is 259. The standard InChI is InChI=1S/C8H9F2N.C2H6/c1-5-3-4-7(8(9)10)11-6(5)2;1-2/h3-4,8H,1-2H3;1-2H3. The van der Waals surface area contributed by atoms with E-state index in [0.717, 1.165) is 5.56 Å². The quantitative estimate of drug-likeness (QED) is 0.653. The van der Waals surface area contributed by atoms with E-state index in [9.17, 15) is 8.78 Å². The van der Waals surface area contributed by atoms with Gasteiger partial charge < -0.3 is 0 Å². The largest absolute Gasteiger partial charge is 0.280 e. The van der Waals surface area contributed by atoms with Crippen LogP contribution in [0.3, 0.4) is 0 Å². The van der Waals surface area contributed by atoms with Crippen molar-refractivity contribution in [2.24, 2.45) is 0 Å². The van der Waals surface area contributed by atoms with Crippen LogP contribution in [-0.4, -0.2) is 4.98 Å². The fraction of sp³-hybridized carbons (Fsp3) is 0.500. The van der Waals surface area contributed by atoms with Gasteiger partial charge in [0, 0.05) is 5.69 Å². The molecule has 0 aromatic carbocycles. The van der Waals surface area contributed by atoms with Gasteiger partial charge in [-0.1, -0.05) is 19.9 Å². The van der Waals surface area contributed by atoms with E-state index in [2.05, 4.69) is 4.98 Å². The maximum Gasteiger partial charge on any atom is 0.280 e. The van der Waals surface area contributed by atoms with Gasteiger partial charge in [0.1, 0.15) is 5.69 Å². The fourth-order valence-electron chi connectivity index (χ4n) is 0.772. The summed E-state index contributed by atoms with van der Waals surface area (Å²) in [6, 6.07) is 3.01. The molecule has 0 spiro atoms.